The van der Waals surface area contributed by atoms with E-state index >= 15 is 0 Å². The molecular weight excluding hydrogens is 479 g/mol. The minimum Gasteiger partial charge on any atom is -0.381 e. The fourth-order valence-corrected chi connectivity index (χ4v) is 4.88. The number of likely N-dealkylation sites (tertiary alicyclic amines) is 1. The van der Waals surface area contributed by atoms with Gasteiger partial charge in [0.15, 0.2) is 5.96 Å². The van der Waals surface area contributed by atoms with Gasteiger partial charge in [-0.3, -0.25) is 9.89 Å². The zero-order chi connectivity index (χ0) is 19.2. The monoisotopic (exact) mass is 514 g/mol. The fourth-order valence-electron chi connectivity index (χ4n) is 4.88. The zero-order valence-electron chi connectivity index (χ0n) is 17.5. The molecule has 1 aromatic carbocycles. The van der Waals surface area contributed by atoms with Gasteiger partial charge in [-0.15, -0.1) is 24.0 Å². The van der Waals surface area contributed by atoms with Crippen LogP contribution in [0.25, 0.3) is 0 Å². The van der Waals surface area contributed by atoms with Crippen LogP contribution in [0.15, 0.2) is 35.3 Å². The largest absolute Gasteiger partial charge is 0.381 e. The van der Waals surface area contributed by atoms with Crippen molar-refractivity contribution in [1.29, 1.82) is 0 Å². The number of aliphatic imine (C=N–C) groups is 1. The zero-order valence-corrected chi connectivity index (χ0v) is 19.8. The highest BCUT2D eigenvalue weighted by Crippen LogP contribution is 2.34. The van der Waals surface area contributed by atoms with Gasteiger partial charge in [0.1, 0.15) is 0 Å². The van der Waals surface area contributed by atoms with E-state index < -0.39 is 0 Å². The lowest BCUT2D eigenvalue weighted by molar-refractivity contribution is 0.0194. The van der Waals surface area contributed by atoms with Gasteiger partial charge in [-0.25, -0.2) is 0 Å². The van der Waals surface area contributed by atoms with E-state index in [0.717, 1.165) is 78.0 Å². The molecule has 0 aliphatic carbocycles. The fraction of sp³-hybridized carbons (Fsp3) is 0.682. The smallest absolute Gasteiger partial charge is 0.193 e. The topological polar surface area (TPSA) is 49.3 Å². The second-order valence-electron chi connectivity index (χ2n) is 8.20. The molecule has 3 aliphatic heterocycles. The van der Waals surface area contributed by atoms with Crippen molar-refractivity contribution in [3.63, 3.8) is 0 Å². The highest BCUT2D eigenvalue weighted by molar-refractivity contribution is 14.0. The molecule has 3 heterocycles. The van der Waals surface area contributed by atoms with E-state index in [4.69, 9.17) is 9.47 Å². The first-order valence-corrected chi connectivity index (χ1v) is 10.7. The lowest BCUT2D eigenvalue weighted by Gasteiger charge is -2.39. The lowest BCUT2D eigenvalue weighted by Crippen LogP contribution is -2.50. The van der Waals surface area contributed by atoms with Gasteiger partial charge >= 0.3 is 0 Å². The first-order chi connectivity index (χ1) is 13.8. The molecular formula is C22H35IN4O2. The molecule has 162 valence electrons. The molecule has 0 radical (unpaired) electrons. The summed E-state index contributed by atoms with van der Waals surface area (Å²) in [6.07, 6.45) is 3.31. The van der Waals surface area contributed by atoms with Crippen LogP contribution in [0, 0.1) is 0 Å². The molecule has 6 nitrogen and oxygen atoms in total. The SMILES string of the molecule is CN=C(NCC1(c2ccccc2)CCOCC1)N1CCC(N2CCOCC2)C1.I. The first kappa shape index (κ1) is 22.8. The Hall–Kier alpha value is -0.900. The Bertz CT molecular complexity index is 645. The standard InChI is InChI=1S/C22H34N4O2.HI/c1-23-21(26-10-7-20(17-26)25-11-15-28-16-12-25)24-18-22(8-13-27-14-9-22)19-5-3-2-4-6-19;/h2-6,20H,7-18H2,1H3,(H,23,24);1H. The number of hydrogen-bond donors (Lipinski definition) is 1. The molecule has 0 aromatic heterocycles. The van der Waals surface area contributed by atoms with E-state index in [1.165, 1.54) is 12.0 Å². The van der Waals surface area contributed by atoms with Gasteiger partial charge in [0.2, 0.25) is 0 Å². The van der Waals surface area contributed by atoms with E-state index in [0.29, 0.717) is 6.04 Å². The predicted octanol–water partition coefficient (Wildman–Crippen LogP) is 2.33. The molecule has 1 atom stereocenters. The average Bonchev–Trinajstić information content (AvgIpc) is 3.26. The molecule has 3 saturated heterocycles. The summed E-state index contributed by atoms with van der Waals surface area (Å²) >= 11 is 0. The van der Waals surface area contributed by atoms with E-state index in [9.17, 15) is 0 Å². The van der Waals surface area contributed by atoms with Crippen molar-refractivity contribution in [1.82, 2.24) is 15.1 Å². The van der Waals surface area contributed by atoms with Crippen molar-refractivity contribution < 1.29 is 9.47 Å². The molecule has 1 aromatic rings. The van der Waals surface area contributed by atoms with Crippen LogP contribution in [0.3, 0.4) is 0 Å². The van der Waals surface area contributed by atoms with Gasteiger partial charge in [-0.2, -0.15) is 0 Å². The minimum atomic E-state index is 0. The van der Waals surface area contributed by atoms with E-state index in [-0.39, 0.29) is 29.4 Å². The number of rotatable bonds is 4. The highest BCUT2D eigenvalue weighted by atomic mass is 127. The molecule has 1 unspecified atom stereocenters. The number of guanidine groups is 1. The quantitative estimate of drug-likeness (QED) is 0.380. The predicted molar refractivity (Wildman–Crippen MR) is 127 cm³/mol. The minimum absolute atomic E-state index is 0. The lowest BCUT2D eigenvalue weighted by atomic mass is 9.74. The van der Waals surface area contributed by atoms with Crippen molar-refractivity contribution in [3.05, 3.63) is 35.9 Å². The first-order valence-electron chi connectivity index (χ1n) is 10.7. The molecule has 3 fully saturated rings. The summed E-state index contributed by atoms with van der Waals surface area (Å²) < 4.78 is 11.2. The number of nitrogens with zero attached hydrogens (tertiary/aromatic N) is 3. The number of morpholine rings is 1. The Morgan fingerprint density at radius 3 is 2.45 bits per heavy atom. The van der Waals surface area contributed by atoms with Crippen LogP contribution < -0.4 is 5.32 Å². The molecule has 3 aliphatic rings. The van der Waals surface area contributed by atoms with E-state index in [1.54, 1.807) is 0 Å². The number of halogens is 1. The average molecular weight is 514 g/mol. The summed E-state index contributed by atoms with van der Waals surface area (Å²) in [5.74, 6) is 1.04. The molecule has 0 bridgehead atoms. The molecule has 0 amide bonds. The van der Waals surface area contributed by atoms with Crippen LogP contribution in [0.5, 0.6) is 0 Å². The van der Waals surface area contributed by atoms with Gasteiger partial charge in [0, 0.05) is 64.4 Å². The van der Waals surface area contributed by atoms with E-state index in [2.05, 4.69) is 50.4 Å². The summed E-state index contributed by atoms with van der Waals surface area (Å²) in [5.41, 5.74) is 1.53. The molecule has 29 heavy (non-hydrogen) atoms. The number of ether oxygens (including phenoxy) is 2. The number of hydrogen-bond acceptors (Lipinski definition) is 4. The summed E-state index contributed by atoms with van der Waals surface area (Å²) in [6.45, 7) is 8.55. The maximum atomic E-state index is 5.68. The van der Waals surface area contributed by atoms with E-state index in [1.807, 2.05) is 7.05 Å². The Kier molecular flexibility index (Phi) is 8.58. The van der Waals surface area contributed by atoms with Crippen LogP contribution in [0.2, 0.25) is 0 Å². The molecule has 1 N–H and O–H groups in total. The van der Waals surface area contributed by atoms with Gasteiger partial charge in [-0.05, 0) is 24.8 Å². The van der Waals surface area contributed by atoms with Crippen LogP contribution in [-0.4, -0.2) is 88.0 Å². The third-order valence-corrected chi connectivity index (χ3v) is 6.66. The third-order valence-electron chi connectivity index (χ3n) is 6.66. The van der Waals surface area contributed by atoms with Crippen molar-refractivity contribution in [3.8, 4) is 0 Å². The van der Waals surface area contributed by atoms with Crippen molar-refractivity contribution in [2.24, 2.45) is 4.99 Å². The van der Waals surface area contributed by atoms with Crippen LogP contribution >= 0.6 is 24.0 Å². The summed E-state index contributed by atoms with van der Waals surface area (Å²) in [4.78, 5) is 9.63. The summed E-state index contributed by atoms with van der Waals surface area (Å²) in [7, 11) is 1.91. The van der Waals surface area contributed by atoms with Crippen molar-refractivity contribution in [2.45, 2.75) is 30.7 Å². The van der Waals surface area contributed by atoms with Gasteiger partial charge in [-0.1, -0.05) is 30.3 Å². The Morgan fingerprint density at radius 2 is 1.76 bits per heavy atom. The van der Waals surface area contributed by atoms with Crippen LogP contribution in [0.1, 0.15) is 24.8 Å². The van der Waals surface area contributed by atoms with Gasteiger partial charge in [0.25, 0.3) is 0 Å². The van der Waals surface area contributed by atoms with Gasteiger partial charge in [0.05, 0.1) is 13.2 Å². The summed E-state index contributed by atoms with van der Waals surface area (Å²) in [5, 5.41) is 3.72. The van der Waals surface area contributed by atoms with Crippen LogP contribution in [-0.2, 0) is 14.9 Å². The molecule has 7 heteroatoms. The maximum absolute atomic E-state index is 5.68. The maximum Gasteiger partial charge on any atom is 0.193 e. The highest BCUT2D eigenvalue weighted by Gasteiger charge is 2.36. The van der Waals surface area contributed by atoms with Crippen molar-refractivity contribution in [2.75, 3.05) is 66.2 Å². The Morgan fingerprint density at radius 1 is 1.07 bits per heavy atom. The molecule has 4 rings (SSSR count). The van der Waals surface area contributed by atoms with Crippen LogP contribution in [0.4, 0.5) is 0 Å². The van der Waals surface area contributed by atoms with Gasteiger partial charge < -0.3 is 19.7 Å². The van der Waals surface area contributed by atoms with Crippen molar-refractivity contribution >= 4 is 29.9 Å². The Labute approximate surface area is 192 Å². The number of nitrogens with one attached hydrogen (secondary N) is 1. The molecule has 0 saturated carbocycles. The second-order valence-corrected chi connectivity index (χ2v) is 8.20. The second kappa shape index (κ2) is 10.9. The number of benzene rings is 1. The summed E-state index contributed by atoms with van der Waals surface area (Å²) in [6, 6.07) is 11.5. The molecule has 0 spiro atoms. The third kappa shape index (κ3) is 5.42. The normalized spacial score (nSPS) is 25.5. The Balaban J connectivity index is 0.00000240.